The SMILES string of the molecule is Cc1cc(C)cc(C(=O)N(NC(=O)c2cccc(O[C@@H]3O[C@H](C(=O)O)[C@@H](O)[C@H](O)[C@H]3O)c2C)C(C)(C)C)c1. The van der Waals surface area contributed by atoms with Crippen molar-refractivity contribution < 1.29 is 44.3 Å². The van der Waals surface area contributed by atoms with Gasteiger partial charge in [-0.25, -0.2) is 9.80 Å². The third-order valence-electron chi connectivity index (χ3n) is 6.14. The van der Waals surface area contributed by atoms with Crippen molar-refractivity contribution in [3.05, 3.63) is 64.2 Å². The van der Waals surface area contributed by atoms with Crippen molar-refractivity contribution in [3.8, 4) is 5.75 Å². The van der Waals surface area contributed by atoms with E-state index >= 15 is 0 Å². The summed E-state index contributed by atoms with van der Waals surface area (Å²) in [6.07, 6.45) is -8.92. The van der Waals surface area contributed by atoms with Crippen LogP contribution in [0.5, 0.6) is 5.75 Å². The van der Waals surface area contributed by atoms with Crippen LogP contribution in [0.4, 0.5) is 0 Å². The molecule has 0 aromatic heterocycles. The third kappa shape index (κ3) is 6.13. The van der Waals surface area contributed by atoms with Gasteiger partial charge in [-0.3, -0.25) is 15.0 Å². The monoisotopic (exact) mass is 530 g/mol. The number of carbonyl (C=O) groups is 3. The van der Waals surface area contributed by atoms with Crippen LogP contribution in [0.1, 0.15) is 58.2 Å². The maximum Gasteiger partial charge on any atom is 0.335 e. The van der Waals surface area contributed by atoms with Crippen LogP contribution in [0, 0.1) is 20.8 Å². The minimum Gasteiger partial charge on any atom is -0.479 e. The number of aliphatic hydroxyl groups is 3. The number of nitrogens with zero attached hydrogens (tertiary/aromatic N) is 1. The van der Waals surface area contributed by atoms with E-state index < -0.39 is 54.0 Å². The van der Waals surface area contributed by atoms with E-state index in [2.05, 4.69) is 5.43 Å². The molecule has 0 bridgehead atoms. The standard InChI is InChI=1S/C27H34N2O9/c1-13-10-14(2)12-16(11-13)24(34)29(27(4,5)6)28-23(33)17-8-7-9-18(15(17)3)37-26-21(32)19(30)20(31)22(38-26)25(35)36/h7-12,19-22,26,30-32H,1-6H3,(H,28,33)(H,35,36)/t19-,20-,21+,22-,26+/m0/s1. The van der Waals surface area contributed by atoms with Crippen LogP contribution in [0.15, 0.2) is 36.4 Å². The van der Waals surface area contributed by atoms with Crippen molar-refractivity contribution in [2.45, 2.75) is 77.8 Å². The number of aliphatic hydroxyl groups excluding tert-OH is 3. The van der Waals surface area contributed by atoms with Crippen molar-refractivity contribution in [2.24, 2.45) is 0 Å². The highest BCUT2D eigenvalue weighted by Crippen LogP contribution is 2.28. The van der Waals surface area contributed by atoms with E-state index in [4.69, 9.17) is 9.47 Å². The molecule has 11 heteroatoms. The predicted octanol–water partition coefficient (Wildman–Crippen LogP) is 1.47. The molecule has 5 N–H and O–H groups in total. The molecule has 206 valence electrons. The number of benzene rings is 2. The Morgan fingerprint density at radius 3 is 2.11 bits per heavy atom. The predicted molar refractivity (Wildman–Crippen MR) is 135 cm³/mol. The number of hydrazine groups is 1. The second kappa shape index (κ2) is 11.1. The van der Waals surface area contributed by atoms with E-state index in [1.165, 1.54) is 23.2 Å². The molecule has 38 heavy (non-hydrogen) atoms. The molecule has 1 aliphatic heterocycles. The van der Waals surface area contributed by atoms with Gasteiger partial charge in [0, 0.05) is 16.7 Å². The fourth-order valence-electron chi connectivity index (χ4n) is 4.17. The molecule has 0 saturated carbocycles. The first-order chi connectivity index (χ1) is 17.6. The van der Waals surface area contributed by atoms with E-state index in [1.807, 2.05) is 19.9 Å². The fourth-order valence-corrected chi connectivity index (χ4v) is 4.17. The van der Waals surface area contributed by atoms with Crippen molar-refractivity contribution in [3.63, 3.8) is 0 Å². The molecule has 11 nitrogen and oxygen atoms in total. The Morgan fingerprint density at radius 2 is 1.55 bits per heavy atom. The minimum atomic E-state index is -1.86. The van der Waals surface area contributed by atoms with Crippen molar-refractivity contribution in [1.29, 1.82) is 0 Å². The topological polar surface area (TPSA) is 166 Å². The highest BCUT2D eigenvalue weighted by Gasteiger charge is 2.48. The lowest BCUT2D eigenvalue weighted by Crippen LogP contribution is -2.61. The number of carbonyl (C=O) groups excluding carboxylic acids is 2. The molecule has 5 atom stereocenters. The summed E-state index contributed by atoms with van der Waals surface area (Å²) in [5, 5.41) is 40.7. The lowest BCUT2D eigenvalue weighted by atomic mass is 9.99. The van der Waals surface area contributed by atoms with E-state index in [-0.39, 0.29) is 11.3 Å². The third-order valence-corrected chi connectivity index (χ3v) is 6.14. The number of hydrogen-bond acceptors (Lipinski definition) is 8. The summed E-state index contributed by atoms with van der Waals surface area (Å²) in [6, 6.07) is 9.90. The minimum absolute atomic E-state index is 0.0670. The van der Waals surface area contributed by atoms with E-state index in [0.29, 0.717) is 11.1 Å². The molecule has 2 aromatic carbocycles. The molecule has 0 spiro atoms. The highest BCUT2D eigenvalue weighted by molar-refractivity contribution is 6.00. The molecule has 3 rings (SSSR count). The molecule has 1 aliphatic rings. The van der Waals surface area contributed by atoms with Gasteiger partial charge in [-0.1, -0.05) is 23.3 Å². The van der Waals surface area contributed by atoms with Gasteiger partial charge in [-0.2, -0.15) is 0 Å². The van der Waals surface area contributed by atoms with Crippen LogP contribution in [0.3, 0.4) is 0 Å². The van der Waals surface area contributed by atoms with E-state index in [9.17, 15) is 34.8 Å². The molecule has 0 radical (unpaired) electrons. The number of ether oxygens (including phenoxy) is 2. The lowest BCUT2D eigenvalue weighted by Gasteiger charge is -2.38. The first-order valence-corrected chi connectivity index (χ1v) is 12.0. The average molecular weight is 531 g/mol. The molecule has 1 saturated heterocycles. The number of nitrogens with one attached hydrogen (secondary N) is 1. The first-order valence-electron chi connectivity index (χ1n) is 12.0. The molecular formula is C27H34N2O9. The zero-order valence-electron chi connectivity index (χ0n) is 22.1. The van der Waals surface area contributed by atoms with Crippen molar-refractivity contribution >= 4 is 17.8 Å². The Labute approximate surface area is 220 Å². The smallest absolute Gasteiger partial charge is 0.335 e. The van der Waals surface area contributed by atoms with Gasteiger partial charge in [0.05, 0.1) is 5.54 Å². The number of amides is 2. The second-order valence-electron chi connectivity index (χ2n) is 10.4. The quantitative estimate of drug-likeness (QED) is 0.360. The Kier molecular flexibility index (Phi) is 8.47. The summed E-state index contributed by atoms with van der Waals surface area (Å²) in [5.74, 6) is -2.48. The number of carboxylic acids is 1. The molecule has 0 aliphatic carbocycles. The van der Waals surface area contributed by atoms with Crippen LogP contribution in [-0.4, -0.2) is 79.5 Å². The van der Waals surface area contributed by atoms with Crippen molar-refractivity contribution in [1.82, 2.24) is 10.4 Å². The molecule has 2 aromatic rings. The van der Waals surface area contributed by atoms with Gasteiger partial charge in [-0.05, 0) is 65.8 Å². The molecular weight excluding hydrogens is 496 g/mol. The van der Waals surface area contributed by atoms with Gasteiger partial charge in [0.15, 0.2) is 6.10 Å². The van der Waals surface area contributed by atoms with Crippen LogP contribution in [0.25, 0.3) is 0 Å². The van der Waals surface area contributed by atoms with Crippen LogP contribution in [0.2, 0.25) is 0 Å². The molecule has 0 unspecified atom stereocenters. The van der Waals surface area contributed by atoms with Gasteiger partial charge in [0.2, 0.25) is 6.29 Å². The van der Waals surface area contributed by atoms with Crippen LogP contribution < -0.4 is 10.2 Å². The summed E-state index contributed by atoms with van der Waals surface area (Å²) < 4.78 is 10.8. The van der Waals surface area contributed by atoms with E-state index in [1.54, 1.807) is 39.8 Å². The second-order valence-corrected chi connectivity index (χ2v) is 10.4. The Balaban J connectivity index is 1.86. The number of rotatable bonds is 5. The summed E-state index contributed by atoms with van der Waals surface area (Å²) in [4.78, 5) is 38.1. The molecule has 1 heterocycles. The number of hydrogen-bond donors (Lipinski definition) is 5. The van der Waals surface area contributed by atoms with Gasteiger partial charge in [-0.15, -0.1) is 0 Å². The van der Waals surface area contributed by atoms with Gasteiger partial charge < -0.3 is 29.9 Å². The Morgan fingerprint density at radius 1 is 0.947 bits per heavy atom. The van der Waals surface area contributed by atoms with Crippen LogP contribution >= 0.6 is 0 Å². The summed E-state index contributed by atoms with van der Waals surface area (Å²) in [5.41, 5.74) is 4.59. The Bertz CT molecular complexity index is 1200. The fraction of sp³-hybridized carbons (Fsp3) is 0.444. The normalized spacial score (nSPS) is 23.4. The van der Waals surface area contributed by atoms with Crippen LogP contribution in [-0.2, 0) is 9.53 Å². The maximum absolute atomic E-state index is 13.4. The number of aliphatic carboxylic acids is 1. The lowest BCUT2D eigenvalue weighted by molar-refractivity contribution is -0.271. The molecule has 1 fully saturated rings. The van der Waals surface area contributed by atoms with E-state index in [0.717, 1.165) is 11.1 Å². The summed E-state index contributed by atoms with van der Waals surface area (Å²) in [6.45, 7) is 10.7. The van der Waals surface area contributed by atoms with Gasteiger partial charge in [0.25, 0.3) is 11.8 Å². The van der Waals surface area contributed by atoms with Gasteiger partial charge in [0.1, 0.15) is 24.1 Å². The summed E-state index contributed by atoms with van der Waals surface area (Å²) >= 11 is 0. The van der Waals surface area contributed by atoms with Crippen molar-refractivity contribution in [2.75, 3.05) is 0 Å². The molecule has 2 amide bonds. The maximum atomic E-state index is 13.4. The number of aryl methyl sites for hydroxylation is 2. The zero-order valence-corrected chi connectivity index (χ0v) is 22.1. The number of carboxylic acid groups (broad SMARTS) is 1. The largest absolute Gasteiger partial charge is 0.479 e. The summed E-state index contributed by atoms with van der Waals surface area (Å²) in [7, 11) is 0. The Hall–Kier alpha value is -3.51. The average Bonchev–Trinajstić information content (AvgIpc) is 2.81. The first kappa shape index (κ1) is 29.1. The zero-order chi connectivity index (χ0) is 28.5. The van der Waals surface area contributed by atoms with Gasteiger partial charge >= 0.3 is 5.97 Å². The highest BCUT2D eigenvalue weighted by atomic mass is 16.7.